The minimum Gasteiger partial charge on any atom is -0.410 e. The van der Waals surface area contributed by atoms with Crippen molar-refractivity contribution in [3.05, 3.63) is 43.0 Å². The summed E-state index contributed by atoms with van der Waals surface area (Å²) in [6, 6.07) is 8.94. The summed E-state index contributed by atoms with van der Waals surface area (Å²) in [6.07, 6.45) is 0.912. The van der Waals surface area contributed by atoms with Crippen LogP contribution in [0.25, 0.3) is 0 Å². The van der Waals surface area contributed by atoms with Crippen LogP contribution in [0.15, 0.2) is 43.0 Å². The number of carbonyl (C=O) groups excluding carboxylic acids is 2. The predicted octanol–water partition coefficient (Wildman–Crippen LogP) is 1.52. The molecule has 5 nitrogen and oxygen atoms in total. The van der Waals surface area contributed by atoms with Gasteiger partial charge in [0.1, 0.15) is 5.75 Å². The van der Waals surface area contributed by atoms with E-state index in [2.05, 4.69) is 6.58 Å². The maximum atomic E-state index is 11.9. The zero-order valence-electron chi connectivity index (χ0n) is 10.6. The highest BCUT2D eigenvalue weighted by molar-refractivity contribution is 5.87. The first kappa shape index (κ1) is 13.1. The first-order valence-electron chi connectivity index (χ1n) is 6.14. The fourth-order valence-electron chi connectivity index (χ4n) is 1.89. The minimum absolute atomic E-state index is 0.101. The standard InChI is InChI=1S/C14H16N2O3/c1-2-13(17)15-8-10-16(11-9-15)14(18)19-12-6-4-3-5-7-12/h2-7H,1,8-11H2. The highest BCUT2D eigenvalue weighted by atomic mass is 16.6. The molecule has 19 heavy (non-hydrogen) atoms. The Hall–Kier alpha value is -2.30. The third kappa shape index (κ3) is 3.34. The largest absolute Gasteiger partial charge is 0.415 e. The van der Waals surface area contributed by atoms with Crippen LogP contribution in [-0.2, 0) is 4.79 Å². The van der Waals surface area contributed by atoms with E-state index < -0.39 is 0 Å². The van der Waals surface area contributed by atoms with Gasteiger partial charge >= 0.3 is 6.09 Å². The topological polar surface area (TPSA) is 49.9 Å². The third-order valence-electron chi connectivity index (χ3n) is 2.97. The van der Waals surface area contributed by atoms with Crippen LogP contribution in [0.1, 0.15) is 0 Å². The number of nitrogens with zero attached hydrogens (tertiary/aromatic N) is 2. The van der Waals surface area contributed by atoms with E-state index in [4.69, 9.17) is 4.74 Å². The Morgan fingerprint density at radius 1 is 1.05 bits per heavy atom. The van der Waals surface area contributed by atoms with Crippen LogP contribution in [0.3, 0.4) is 0 Å². The molecule has 1 aliphatic rings. The van der Waals surface area contributed by atoms with Gasteiger partial charge in [-0.1, -0.05) is 24.8 Å². The van der Waals surface area contributed by atoms with Crippen LogP contribution >= 0.6 is 0 Å². The fourth-order valence-corrected chi connectivity index (χ4v) is 1.89. The molecule has 0 atom stereocenters. The zero-order valence-corrected chi connectivity index (χ0v) is 10.6. The molecule has 2 rings (SSSR count). The summed E-state index contributed by atoms with van der Waals surface area (Å²) in [4.78, 5) is 26.6. The zero-order chi connectivity index (χ0) is 13.7. The molecule has 0 bridgehead atoms. The lowest BCUT2D eigenvalue weighted by Gasteiger charge is -2.33. The first-order chi connectivity index (χ1) is 9.20. The average molecular weight is 260 g/mol. The molecule has 1 heterocycles. The monoisotopic (exact) mass is 260 g/mol. The van der Waals surface area contributed by atoms with Crippen molar-refractivity contribution < 1.29 is 14.3 Å². The van der Waals surface area contributed by atoms with Gasteiger partial charge in [0.2, 0.25) is 5.91 Å². The number of piperazine rings is 1. The van der Waals surface area contributed by atoms with Crippen LogP contribution in [-0.4, -0.2) is 48.0 Å². The summed E-state index contributed by atoms with van der Waals surface area (Å²) in [5.41, 5.74) is 0. The molecular weight excluding hydrogens is 244 g/mol. The second-order valence-corrected chi connectivity index (χ2v) is 4.20. The lowest BCUT2D eigenvalue weighted by molar-refractivity contribution is -0.127. The molecule has 0 aromatic heterocycles. The van der Waals surface area contributed by atoms with Gasteiger partial charge in [-0.05, 0) is 18.2 Å². The molecule has 1 aliphatic heterocycles. The predicted molar refractivity (Wildman–Crippen MR) is 70.8 cm³/mol. The van der Waals surface area contributed by atoms with Crippen molar-refractivity contribution in [1.82, 2.24) is 9.80 Å². The van der Waals surface area contributed by atoms with E-state index in [-0.39, 0.29) is 12.0 Å². The lowest BCUT2D eigenvalue weighted by Crippen LogP contribution is -2.50. The van der Waals surface area contributed by atoms with Gasteiger partial charge in [-0.25, -0.2) is 4.79 Å². The molecule has 100 valence electrons. The lowest BCUT2D eigenvalue weighted by atomic mass is 10.3. The molecule has 1 aromatic carbocycles. The van der Waals surface area contributed by atoms with Gasteiger partial charge < -0.3 is 14.5 Å². The van der Waals surface area contributed by atoms with Gasteiger partial charge in [0.05, 0.1) is 0 Å². The van der Waals surface area contributed by atoms with Gasteiger partial charge in [0.15, 0.2) is 0 Å². The Labute approximate surface area is 112 Å². The summed E-state index contributed by atoms with van der Waals surface area (Å²) < 4.78 is 5.24. The maximum Gasteiger partial charge on any atom is 0.415 e. The van der Waals surface area contributed by atoms with E-state index in [0.29, 0.717) is 31.9 Å². The molecule has 2 amide bonds. The van der Waals surface area contributed by atoms with Crippen molar-refractivity contribution in [3.8, 4) is 5.75 Å². The Kier molecular flexibility index (Phi) is 4.18. The second-order valence-electron chi connectivity index (χ2n) is 4.20. The summed E-state index contributed by atoms with van der Waals surface area (Å²) in [6.45, 7) is 5.42. The Balaban J connectivity index is 1.86. The molecule has 0 spiro atoms. The molecule has 0 aliphatic carbocycles. The first-order valence-corrected chi connectivity index (χ1v) is 6.14. The fraction of sp³-hybridized carbons (Fsp3) is 0.286. The van der Waals surface area contributed by atoms with Crippen molar-refractivity contribution in [2.24, 2.45) is 0 Å². The summed E-state index contributed by atoms with van der Waals surface area (Å²) >= 11 is 0. The minimum atomic E-state index is -0.378. The normalized spacial score (nSPS) is 14.9. The molecular formula is C14H16N2O3. The molecule has 0 N–H and O–H groups in total. The van der Waals surface area contributed by atoms with E-state index in [1.54, 1.807) is 21.9 Å². The van der Waals surface area contributed by atoms with E-state index in [1.807, 2.05) is 18.2 Å². The smallest absolute Gasteiger partial charge is 0.410 e. The third-order valence-corrected chi connectivity index (χ3v) is 2.97. The summed E-state index contributed by atoms with van der Waals surface area (Å²) in [7, 11) is 0. The van der Waals surface area contributed by atoms with Crippen molar-refractivity contribution in [2.75, 3.05) is 26.2 Å². The number of hydrogen-bond acceptors (Lipinski definition) is 3. The second kappa shape index (κ2) is 6.04. The number of rotatable bonds is 2. The van der Waals surface area contributed by atoms with E-state index in [9.17, 15) is 9.59 Å². The number of carbonyl (C=O) groups is 2. The molecule has 1 fully saturated rings. The van der Waals surface area contributed by atoms with Crippen LogP contribution < -0.4 is 4.74 Å². The molecule has 5 heteroatoms. The van der Waals surface area contributed by atoms with Crippen molar-refractivity contribution in [3.63, 3.8) is 0 Å². The molecule has 1 aromatic rings. The van der Waals surface area contributed by atoms with Crippen LogP contribution in [0.2, 0.25) is 0 Å². The van der Waals surface area contributed by atoms with Crippen molar-refractivity contribution >= 4 is 12.0 Å². The van der Waals surface area contributed by atoms with Crippen molar-refractivity contribution in [1.29, 1.82) is 0 Å². The number of hydrogen-bond donors (Lipinski definition) is 0. The van der Waals surface area contributed by atoms with Gasteiger partial charge in [-0.2, -0.15) is 0 Å². The van der Waals surface area contributed by atoms with Gasteiger partial charge in [-0.15, -0.1) is 0 Å². The Bertz CT molecular complexity index is 465. The SMILES string of the molecule is C=CC(=O)N1CCN(C(=O)Oc2ccccc2)CC1. The van der Waals surface area contributed by atoms with Gasteiger partial charge in [-0.3, -0.25) is 4.79 Å². The number of amides is 2. The number of benzene rings is 1. The molecule has 1 saturated heterocycles. The number of para-hydroxylation sites is 1. The Morgan fingerprint density at radius 3 is 2.21 bits per heavy atom. The molecule has 0 radical (unpaired) electrons. The quantitative estimate of drug-likeness (QED) is 0.757. The van der Waals surface area contributed by atoms with E-state index in [0.717, 1.165) is 0 Å². The highest BCUT2D eigenvalue weighted by Gasteiger charge is 2.24. The summed E-state index contributed by atoms with van der Waals surface area (Å²) in [5.74, 6) is 0.424. The average Bonchev–Trinajstić information content (AvgIpc) is 2.47. The van der Waals surface area contributed by atoms with Crippen molar-refractivity contribution in [2.45, 2.75) is 0 Å². The highest BCUT2D eigenvalue weighted by Crippen LogP contribution is 2.11. The van der Waals surface area contributed by atoms with Gasteiger partial charge in [0.25, 0.3) is 0 Å². The summed E-state index contributed by atoms with van der Waals surface area (Å²) in [5, 5.41) is 0. The number of ether oxygens (including phenoxy) is 1. The van der Waals surface area contributed by atoms with Crippen LogP contribution in [0, 0.1) is 0 Å². The molecule has 0 saturated carbocycles. The van der Waals surface area contributed by atoms with Gasteiger partial charge in [0, 0.05) is 26.2 Å². The van der Waals surface area contributed by atoms with E-state index in [1.165, 1.54) is 6.08 Å². The maximum absolute atomic E-state index is 11.9. The van der Waals surface area contributed by atoms with Crippen LogP contribution in [0.4, 0.5) is 4.79 Å². The molecule has 0 unspecified atom stereocenters. The Morgan fingerprint density at radius 2 is 1.63 bits per heavy atom. The van der Waals surface area contributed by atoms with E-state index >= 15 is 0 Å². The van der Waals surface area contributed by atoms with Crippen LogP contribution in [0.5, 0.6) is 5.75 Å².